The number of halogens is 3. The summed E-state index contributed by atoms with van der Waals surface area (Å²) in [6.45, 7) is 0. The topological polar surface area (TPSA) is 17.1 Å². The van der Waals surface area contributed by atoms with E-state index in [9.17, 15) is 4.79 Å². The summed E-state index contributed by atoms with van der Waals surface area (Å²) in [5, 5.41) is -0.0643. The van der Waals surface area contributed by atoms with Crippen molar-refractivity contribution in [3.8, 4) is 0 Å². The first-order valence-corrected chi connectivity index (χ1v) is 6.39. The van der Waals surface area contributed by atoms with Crippen molar-refractivity contribution in [2.75, 3.05) is 0 Å². The molecule has 2 aromatic carbocycles. The van der Waals surface area contributed by atoms with Gasteiger partial charge in [-0.05, 0) is 34.9 Å². The van der Waals surface area contributed by atoms with Crippen molar-refractivity contribution in [1.29, 1.82) is 0 Å². The summed E-state index contributed by atoms with van der Waals surface area (Å²) in [4.78, 5) is 10.4. The molecule has 0 aliphatic carbocycles. The molecule has 0 spiro atoms. The van der Waals surface area contributed by atoms with Crippen molar-refractivity contribution >= 4 is 40.0 Å². The van der Waals surface area contributed by atoms with Gasteiger partial charge < -0.3 is 0 Å². The van der Waals surface area contributed by atoms with E-state index in [0.717, 1.165) is 0 Å². The lowest BCUT2D eigenvalue weighted by atomic mass is 9.91. The minimum Gasteiger partial charge on any atom is -0.278 e. The maximum Gasteiger partial charge on any atom is 0.251 e. The zero-order valence-electron chi connectivity index (χ0n) is 9.24. The van der Waals surface area contributed by atoms with Gasteiger partial charge in [-0.2, -0.15) is 0 Å². The summed E-state index contributed by atoms with van der Waals surface area (Å²) >= 11 is 18.0. The molecule has 1 unspecified atom stereocenters. The maximum absolute atomic E-state index is 11.8. The molecule has 1 nitrogen and oxygen atoms in total. The van der Waals surface area contributed by atoms with Crippen LogP contribution in [0.15, 0.2) is 54.6 Å². The Morgan fingerprint density at radius 2 is 1.39 bits per heavy atom. The van der Waals surface area contributed by atoms with Crippen molar-refractivity contribution < 1.29 is 4.79 Å². The summed E-state index contributed by atoms with van der Waals surface area (Å²) in [7, 11) is 0. The van der Waals surface area contributed by atoms with Crippen LogP contribution < -0.4 is 0 Å². The zero-order chi connectivity index (χ0) is 13.2. The lowest BCUT2D eigenvalue weighted by molar-refractivity contribution is -0.113. The molecule has 4 heteroatoms. The predicted molar refractivity (Wildman–Crippen MR) is 75.4 cm³/mol. The molecule has 1 atom stereocenters. The Labute approximate surface area is 120 Å². The van der Waals surface area contributed by atoms with E-state index < -0.39 is 10.1 Å². The van der Waals surface area contributed by atoms with Gasteiger partial charge in [-0.3, -0.25) is 4.79 Å². The van der Waals surface area contributed by atoms with Crippen molar-refractivity contribution in [2.45, 2.75) is 4.87 Å². The molecule has 2 aromatic rings. The second kappa shape index (κ2) is 5.31. The first-order chi connectivity index (χ1) is 8.55. The highest BCUT2D eigenvalue weighted by molar-refractivity contribution is 6.71. The van der Waals surface area contributed by atoms with Crippen molar-refractivity contribution in [2.24, 2.45) is 0 Å². The molecule has 0 fully saturated rings. The zero-order valence-corrected chi connectivity index (χ0v) is 11.5. The Bertz CT molecular complexity index is 551. The third kappa shape index (κ3) is 2.39. The normalized spacial score (nSPS) is 13.9. The first kappa shape index (κ1) is 13.4. The van der Waals surface area contributed by atoms with Crippen LogP contribution in [0.1, 0.15) is 11.1 Å². The number of hydrogen-bond donors (Lipinski definition) is 0. The van der Waals surface area contributed by atoms with Crippen molar-refractivity contribution in [3.05, 3.63) is 70.7 Å². The van der Waals surface area contributed by atoms with E-state index in [1.54, 1.807) is 36.4 Å². The van der Waals surface area contributed by atoms with Crippen LogP contribution >= 0.6 is 34.8 Å². The van der Waals surface area contributed by atoms with Gasteiger partial charge in [0.15, 0.2) is 4.87 Å². The Hall–Kier alpha value is -1.02. The van der Waals surface area contributed by atoms with Crippen LogP contribution in [0.3, 0.4) is 0 Å². The molecular weight excluding hydrogens is 291 g/mol. The van der Waals surface area contributed by atoms with E-state index in [-0.39, 0.29) is 0 Å². The second-order valence-electron chi connectivity index (χ2n) is 3.81. The monoisotopic (exact) mass is 298 g/mol. The minimum atomic E-state index is -1.38. The first-order valence-electron chi connectivity index (χ1n) is 5.25. The van der Waals surface area contributed by atoms with Gasteiger partial charge in [0.05, 0.1) is 0 Å². The van der Waals surface area contributed by atoms with Crippen LogP contribution in [-0.2, 0) is 9.67 Å². The van der Waals surface area contributed by atoms with Crippen LogP contribution in [0.5, 0.6) is 0 Å². The number of alkyl halides is 1. The molecule has 0 saturated heterocycles. The summed E-state index contributed by atoms with van der Waals surface area (Å²) in [5.74, 6) is 0. The van der Waals surface area contributed by atoms with Gasteiger partial charge in [0.1, 0.15) is 0 Å². The molecule has 0 bridgehead atoms. The van der Waals surface area contributed by atoms with E-state index >= 15 is 0 Å². The SMILES string of the molecule is O=C(Cl)C(Cl)(c1ccccc1)c1ccc(Cl)cc1. The van der Waals surface area contributed by atoms with Crippen LogP contribution in [0, 0.1) is 0 Å². The average Bonchev–Trinajstić information content (AvgIpc) is 2.39. The Kier molecular flexibility index (Phi) is 3.96. The number of carbonyl (C=O) groups is 1. The molecule has 2 rings (SSSR count). The van der Waals surface area contributed by atoms with Crippen LogP contribution in [0.25, 0.3) is 0 Å². The van der Waals surface area contributed by atoms with E-state index in [2.05, 4.69) is 0 Å². The Balaban J connectivity index is 2.58. The van der Waals surface area contributed by atoms with Gasteiger partial charge in [0, 0.05) is 5.02 Å². The fourth-order valence-corrected chi connectivity index (χ4v) is 2.34. The van der Waals surface area contributed by atoms with Gasteiger partial charge in [0.25, 0.3) is 5.24 Å². The molecule has 0 aromatic heterocycles. The quantitative estimate of drug-likeness (QED) is 0.598. The van der Waals surface area contributed by atoms with Crippen molar-refractivity contribution in [1.82, 2.24) is 0 Å². The molecule has 0 aliphatic heterocycles. The van der Waals surface area contributed by atoms with Crippen LogP contribution in [0.2, 0.25) is 5.02 Å². The van der Waals surface area contributed by atoms with E-state index in [1.165, 1.54) is 0 Å². The highest BCUT2D eigenvalue weighted by Crippen LogP contribution is 2.39. The van der Waals surface area contributed by atoms with Gasteiger partial charge in [-0.1, -0.05) is 65.7 Å². The molecule has 0 saturated carbocycles. The Morgan fingerprint density at radius 3 is 1.89 bits per heavy atom. The van der Waals surface area contributed by atoms with Gasteiger partial charge in [-0.15, -0.1) is 0 Å². The van der Waals surface area contributed by atoms with Gasteiger partial charge in [-0.25, -0.2) is 0 Å². The second-order valence-corrected chi connectivity index (χ2v) is 5.15. The van der Waals surface area contributed by atoms with Gasteiger partial charge >= 0.3 is 0 Å². The fraction of sp³-hybridized carbons (Fsp3) is 0.0714. The molecule has 18 heavy (non-hydrogen) atoms. The van der Waals surface area contributed by atoms with Gasteiger partial charge in [0.2, 0.25) is 0 Å². The number of benzene rings is 2. The number of hydrogen-bond acceptors (Lipinski definition) is 1. The standard InChI is InChI=1S/C14H9Cl3O/c15-12-8-6-11(7-9-12)14(17,13(16)18)10-4-2-1-3-5-10/h1-9H. The summed E-state index contributed by atoms with van der Waals surface area (Å²) in [6, 6.07) is 15.7. The Morgan fingerprint density at radius 1 is 0.889 bits per heavy atom. The van der Waals surface area contributed by atoms with Crippen LogP contribution in [0.4, 0.5) is 0 Å². The fourth-order valence-electron chi connectivity index (χ4n) is 1.74. The van der Waals surface area contributed by atoms with E-state index in [1.807, 2.05) is 18.2 Å². The maximum atomic E-state index is 11.8. The third-order valence-corrected chi connectivity index (χ3v) is 3.92. The highest BCUT2D eigenvalue weighted by Gasteiger charge is 2.38. The average molecular weight is 300 g/mol. The summed E-state index contributed by atoms with van der Waals surface area (Å²) < 4.78 is 0. The molecule has 0 N–H and O–H groups in total. The van der Waals surface area contributed by atoms with E-state index in [0.29, 0.717) is 16.1 Å². The molecule has 0 aliphatic rings. The number of rotatable bonds is 3. The van der Waals surface area contributed by atoms with Crippen molar-refractivity contribution in [3.63, 3.8) is 0 Å². The predicted octanol–water partition coefficient (Wildman–Crippen LogP) is 4.59. The smallest absolute Gasteiger partial charge is 0.251 e. The minimum absolute atomic E-state index is 0.577. The number of carbonyl (C=O) groups excluding carboxylic acids is 1. The summed E-state index contributed by atoms with van der Waals surface area (Å²) in [5.41, 5.74) is 1.23. The lowest BCUT2D eigenvalue weighted by Crippen LogP contribution is -2.27. The molecule has 92 valence electrons. The molecule has 0 amide bonds. The lowest BCUT2D eigenvalue weighted by Gasteiger charge is -2.24. The molecule has 0 heterocycles. The summed E-state index contributed by atoms with van der Waals surface area (Å²) in [6.07, 6.45) is 0. The van der Waals surface area contributed by atoms with E-state index in [4.69, 9.17) is 34.8 Å². The molecule has 0 radical (unpaired) electrons. The largest absolute Gasteiger partial charge is 0.278 e. The highest BCUT2D eigenvalue weighted by atomic mass is 35.5. The van der Waals surface area contributed by atoms with Crippen LogP contribution in [-0.4, -0.2) is 5.24 Å². The third-order valence-electron chi connectivity index (χ3n) is 2.68. The molecular formula is C14H9Cl3O.